The van der Waals surface area contributed by atoms with Crippen LogP contribution in [-0.4, -0.2) is 4.98 Å². The van der Waals surface area contributed by atoms with E-state index in [0.717, 1.165) is 11.4 Å². The molecule has 82 valence electrons. The number of nitrogen functional groups attached to an aromatic ring is 1. The lowest BCUT2D eigenvalue weighted by Gasteiger charge is -2.13. The number of aromatic nitrogens is 1. The first kappa shape index (κ1) is 10.5. The molecular weight excluding hydrogens is 184 g/mol. The molecule has 2 N–H and O–H groups in total. The molecular formula is C13H20N2. The van der Waals surface area contributed by atoms with Crippen molar-refractivity contribution in [2.75, 3.05) is 5.73 Å². The standard InChI is InChI=1S/C13H20N2/c1-9(2)11-7-12(14)13(15-8-11)10-5-3-4-6-10/h7-10H,3-6,14H2,1-2H3. The predicted molar refractivity (Wildman–Crippen MR) is 63.9 cm³/mol. The highest BCUT2D eigenvalue weighted by Gasteiger charge is 2.20. The van der Waals surface area contributed by atoms with Gasteiger partial charge in [-0.1, -0.05) is 26.7 Å². The number of hydrogen-bond donors (Lipinski definition) is 1. The van der Waals surface area contributed by atoms with Crippen LogP contribution in [0.15, 0.2) is 12.3 Å². The molecule has 1 saturated carbocycles. The Morgan fingerprint density at radius 3 is 2.53 bits per heavy atom. The van der Waals surface area contributed by atoms with E-state index in [4.69, 9.17) is 5.73 Å². The van der Waals surface area contributed by atoms with Crippen LogP contribution >= 0.6 is 0 Å². The van der Waals surface area contributed by atoms with Crippen LogP contribution in [0.5, 0.6) is 0 Å². The van der Waals surface area contributed by atoms with E-state index < -0.39 is 0 Å². The second-order valence-electron chi connectivity index (χ2n) is 4.88. The molecule has 15 heavy (non-hydrogen) atoms. The second kappa shape index (κ2) is 4.21. The van der Waals surface area contributed by atoms with Crippen molar-refractivity contribution in [1.29, 1.82) is 0 Å². The van der Waals surface area contributed by atoms with Crippen molar-refractivity contribution < 1.29 is 0 Å². The Morgan fingerprint density at radius 1 is 1.33 bits per heavy atom. The fourth-order valence-corrected chi connectivity index (χ4v) is 2.37. The molecule has 0 spiro atoms. The predicted octanol–water partition coefficient (Wildman–Crippen LogP) is 3.44. The van der Waals surface area contributed by atoms with E-state index in [0.29, 0.717) is 11.8 Å². The highest BCUT2D eigenvalue weighted by molar-refractivity contribution is 5.47. The number of nitrogens with two attached hydrogens (primary N) is 1. The maximum Gasteiger partial charge on any atom is 0.0663 e. The third-order valence-corrected chi connectivity index (χ3v) is 3.38. The zero-order chi connectivity index (χ0) is 10.8. The van der Waals surface area contributed by atoms with Crippen LogP contribution in [0.3, 0.4) is 0 Å². The lowest BCUT2D eigenvalue weighted by Crippen LogP contribution is -2.04. The SMILES string of the molecule is CC(C)c1cnc(C2CCCC2)c(N)c1. The minimum absolute atomic E-state index is 0.512. The minimum atomic E-state index is 0.512. The third-order valence-electron chi connectivity index (χ3n) is 3.38. The van der Waals surface area contributed by atoms with Gasteiger partial charge >= 0.3 is 0 Å². The van der Waals surface area contributed by atoms with Gasteiger partial charge < -0.3 is 5.73 Å². The molecule has 2 nitrogen and oxygen atoms in total. The summed E-state index contributed by atoms with van der Waals surface area (Å²) in [6.07, 6.45) is 7.18. The van der Waals surface area contributed by atoms with Gasteiger partial charge in [0, 0.05) is 12.1 Å². The topological polar surface area (TPSA) is 38.9 Å². The molecule has 0 bridgehead atoms. The Kier molecular flexibility index (Phi) is 2.94. The fraction of sp³-hybridized carbons (Fsp3) is 0.615. The maximum atomic E-state index is 6.08. The van der Waals surface area contributed by atoms with Gasteiger partial charge in [-0.25, -0.2) is 0 Å². The molecule has 0 unspecified atom stereocenters. The van der Waals surface area contributed by atoms with Gasteiger partial charge in [0.1, 0.15) is 0 Å². The lowest BCUT2D eigenvalue weighted by molar-refractivity contribution is 0.697. The maximum absolute atomic E-state index is 6.08. The molecule has 1 aliphatic carbocycles. The number of pyridine rings is 1. The Balaban J connectivity index is 2.25. The Bertz CT molecular complexity index is 338. The van der Waals surface area contributed by atoms with Crippen molar-refractivity contribution in [1.82, 2.24) is 4.98 Å². The molecule has 2 heteroatoms. The van der Waals surface area contributed by atoms with Gasteiger partial charge in [0.15, 0.2) is 0 Å². The summed E-state index contributed by atoms with van der Waals surface area (Å²) in [6, 6.07) is 2.10. The average Bonchev–Trinajstić information content (AvgIpc) is 2.70. The zero-order valence-corrected chi connectivity index (χ0v) is 9.66. The molecule has 0 atom stereocenters. The van der Waals surface area contributed by atoms with Crippen LogP contribution in [0.1, 0.15) is 62.6 Å². The second-order valence-corrected chi connectivity index (χ2v) is 4.88. The number of rotatable bonds is 2. The van der Waals surface area contributed by atoms with E-state index in [9.17, 15) is 0 Å². The summed E-state index contributed by atoms with van der Waals surface area (Å²) in [5.74, 6) is 1.13. The van der Waals surface area contributed by atoms with Crippen LogP contribution in [0.4, 0.5) is 5.69 Å². The quantitative estimate of drug-likeness (QED) is 0.801. The number of hydrogen-bond acceptors (Lipinski definition) is 2. The van der Waals surface area contributed by atoms with E-state index in [2.05, 4.69) is 24.9 Å². The molecule has 0 radical (unpaired) electrons. The van der Waals surface area contributed by atoms with Crippen molar-refractivity contribution in [3.8, 4) is 0 Å². The molecule has 1 fully saturated rings. The molecule has 0 saturated heterocycles. The number of anilines is 1. The van der Waals surface area contributed by atoms with Crippen molar-refractivity contribution in [2.24, 2.45) is 0 Å². The molecule has 1 heterocycles. The average molecular weight is 204 g/mol. The summed E-state index contributed by atoms with van der Waals surface area (Å²) in [5.41, 5.74) is 9.35. The largest absolute Gasteiger partial charge is 0.397 e. The Morgan fingerprint density at radius 2 is 2.00 bits per heavy atom. The first-order valence-corrected chi connectivity index (χ1v) is 5.94. The van der Waals surface area contributed by atoms with Crippen LogP contribution < -0.4 is 5.73 Å². The van der Waals surface area contributed by atoms with Crippen LogP contribution in [0.2, 0.25) is 0 Å². The van der Waals surface area contributed by atoms with Crippen LogP contribution in [0.25, 0.3) is 0 Å². The van der Waals surface area contributed by atoms with Crippen molar-refractivity contribution in [3.63, 3.8) is 0 Å². The van der Waals surface area contributed by atoms with Gasteiger partial charge in [-0.05, 0) is 30.4 Å². The smallest absolute Gasteiger partial charge is 0.0663 e. The van der Waals surface area contributed by atoms with Crippen molar-refractivity contribution >= 4 is 5.69 Å². The van der Waals surface area contributed by atoms with E-state index in [-0.39, 0.29) is 0 Å². The summed E-state index contributed by atoms with van der Waals surface area (Å²) in [4.78, 5) is 4.56. The zero-order valence-electron chi connectivity index (χ0n) is 9.66. The molecule has 1 aliphatic rings. The molecule has 2 rings (SSSR count). The van der Waals surface area contributed by atoms with E-state index in [1.54, 1.807) is 0 Å². The summed E-state index contributed by atoms with van der Waals surface area (Å²) in [6.45, 7) is 4.34. The first-order valence-electron chi connectivity index (χ1n) is 5.94. The first-order chi connectivity index (χ1) is 7.18. The van der Waals surface area contributed by atoms with E-state index >= 15 is 0 Å². The summed E-state index contributed by atoms with van der Waals surface area (Å²) < 4.78 is 0. The Hall–Kier alpha value is -1.05. The van der Waals surface area contributed by atoms with Gasteiger partial charge in [-0.15, -0.1) is 0 Å². The minimum Gasteiger partial charge on any atom is -0.397 e. The van der Waals surface area contributed by atoms with Gasteiger partial charge in [-0.2, -0.15) is 0 Å². The van der Waals surface area contributed by atoms with Crippen molar-refractivity contribution in [2.45, 2.75) is 51.4 Å². The highest BCUT2D eigenvalue weighted by Crippen LogP contribution is 2.36. The van der Waals surface area contributed by atoms with Crippen molar-refractivity contribution in [3.05, 3.63) is 23.5 Å². The van der Waals surface area contributed by atoms with E-state index in [1.807, 2.05) is 6.20 Å². The summed E-state index contributed by atoms with van der Waals surface area (Å²) in [5, 5.41) is 0. The van der Waals surface area contributed by atoms with Gasteiger partial charge in [-0.3, -0.25) is 4.98 Å². The monoisotopic (exact) mass is 204 g/mol. The molecule has 0 aromatic carbocycles. The summed E-state index contributed by atoms with van der Waals surface area (Å²) in [7, 11) is 0. The van der Waals surface area contributed by atoms with Crippen LogP contribution in [-0.2, 0) is 0 Å². The fourth-order valence-electron chi connectivity index (χ4n) is 2.37. The summed E-state index contributed by atoms with van der Waals surface area (Å²) >= 11 is 0. The van der Waals surface area contributed by atoms with E-state index in [1.165, 1.54) is 31.2 Å². The van der Waals surface area contributed by atoms with Gasteiger partial charge in [0.2, 0.25) is 0 Å². The highest BCUT2D eigenvalue weighted by atomic mass is 14.7. The molecule has 0 aliphatic heterocycles. The van der Waals surface area contributed by atoms with Gasteiger partial charge in [0.25, 0.3) is 0 Å². The molecule has 0 amide bonds. The van der Waals surface area contributed by atoms with Gasteiger partial charge in [0.05, 0.1) is 11.4 Å². The Labute approximate surface area is 91.9 Å². The number of nitrogens with zero attached hydrogens (tertiary/aromatic N) is 1. The molecule has 1 aromatic rings. The van der Waals surface area contributed by atoms with Crippen LogP contribution in [0, 0.1) is 0 Å². The third kappa shape index (κ3) is 2.14. The molecule has 1 aromatic heterocycles. The normalized spacial score (nSPS) is 17.5. The lowest BCUT2D eigenvalue weighted by atomic mass is 9.98.